The molecule has 0 bridgehead atoms. The van der Waals surface area contributed by atoms with E-state index in [1.165, 1.54) is 29.1 Å². The maximum absolute atomic E-state index is 13.9. The minimum atomic E-state index is -0.869. The molecule has 0 aliphatic heterocycles. The molecule has 8 heteroatoms. The molecule has 0 atom stereocenters. The van der Waals surface area contributed by atoms with Crippen LogP contribution in [0.15, 0.2) is 53.7 Å². The number of halogens is 1. The normalized spacial score (nSPS) is 11.4. The molecule has 2 heterocycles. The highest BCUT2D eigenvalue weighted by molar-refractivity contribution is 6.17. The van der Waals surface area contributed by atoms with Crippen molar-refractivity contribution in [2.75, 3.05) is 13.2 Å². The number of aromatic nitrogens is 2. The van der Waals surface area contributed by atoms with Crippen molar-refractivity contribution < 1.29 is 23.5 Å². The van der Waals surface area contributed by atoms with E-state index < -0.39 is 23.2 Å². The van der Waals surface area contributed by atoms with Gasteiger partial charge < -0.3 is 14.0 Å². The molecule has 7 nitrogen and oxygen atoms in total. The summed E-state index contributed by atoms with van der Waals surface area (Å²) in [4.78, 5) is 41.9. The van der Waals surface area contributed by atoms with Crippen LogP contribution < -0.4 is 5.43 Å². The molecule has 0 N–H and O–H groups in total. The minimum absolute atomic E-state index is 0.0204. The van der Waals surface area contributed by atoms with Gasteiger partial charge in [0, 0.05) is 24.0 Å². The van der Waals surface area contributed by atoms with E-state index in [0.29, 0.717) is 5.56 Å². The molecule has 0 saturated heterocycles. The van der Waals surface area contributed by atoms with Gasteiger partial charge in [-0.1, -0.05) is 6.07 Å². The first-order chi connectivity index (χ1) is 14.5. The molecule has 154 valence electrons. The molecule has 0 amide bonds. The van der Waals surface area contributed by atoms with Gasteiger partial charge in [0.05, 0.1) is 18.7 Å². The van der Waals surface area contributed by atoms with E-state index in [-0.39, 0.29) is 35.4 Å². The van der Waals surface area contributed by atoms with Crippen LogP contribution in [0.2, 0.25) is 0 Å². The second kappa shape index (κ2) is 9.13. The first kappa shape index (κ1) is 20.9. The van der Waals surface area contributed by atoms with Crippen molar-refractivity contribution in [3.05, 3.63) is 76.1 Å². The van der Waals surface area contributed by atoms with Gasteiger partial charge in [0.15, 0.2) is 0 Å². The van der Waals surface area contributed by atoms with Crippen LogP contribution in [0.5, 0.6) is 0 Å². The lowest BCUT2D eigenvalue weighted by molar-refractivity contribution is -0.136. The van der Waals surface area contributed by atoms with Crippen molar-refractivity contribution in [3.63, 3.8) is 0 Å². The highest BCUT2D eigenvalue weighted by Gasteiger charge is 2.22. The number of hydrogen-bond acceptors (Lipinski definition) is 6. The average molecular weight is 410 g/mol. The largest absolute Gasteiger partial charge is 0.462 e. The summed E-state index contributed by atoms with van der Waals surface area (Å²) in [6.07, 6.45) is 5.83. The lowest BCUT2D eigenvalue weighted by atomic mass is 10.1. The third-order valence-corrected chi connectivity index (χ3v) is 4.19. The van der Waals surface area contributed by atoms with Gasteiger partial charge in [0.1, 0.15) is 17.1 Å². The zero-order valence-corrected chi connectivity index (χ0v) is 16.4. The van der Waals surface area contributed by atoms with Gasteiger partial charge >= 0.3 is 11.9 Å². The number of benzene rings is 1. The van der Waals surface area contributed by atoms with Crippen molar-refractivity contribution in [2.24, 2.45) is 0 Å². The van der Waals surface area contributed by atoms with E-state index in [9.17, 15) is 18.8 Å². The number of fused-ring (bicyclic) bond motifs is 1. The van der Waals surface area contributed by atoms with Crippen molar-refractivity contribution >= 4 is 34.6 Å². The summed E-state index contributed by atoms with van der Waals surface area (Å²) in [5, 5.41) is -0.0676. The third kappa shape index (κ3) is 4.27. The minimum Gasteiger partial charge on any atom is -0.462 e. The Morgan fingerprint density at radius 1 is 1.17 bits per heavy atom. The number of pyridine rings is 2. The lowest BCUT2D eigenvalue weighted by Crippen LogP contribution is -2.23. The summed E-state index contributed by atoms with van der Waals surface area (Å²) in [6.45, 7) is 3.42. The maximum atomic E-state index is 13.9. The number of carbonyl (C=O) groups is 2. The molecule has 0 aliphatic carbocycles. The molecule has 0 unspecified atom stereocenters. The van der Waals surface area contributed by atoms with E-state index >= 15 is 0 Å². The number of rotatable bonds is 6. The lowest BCUT2D eigenvalue weighted by Gasteiger charge is -2.16. The van der Waals surface area contributed by atoms with Crippen molar-refractivity contribution in [2.45, 2.75) is 13.8 Å². The van der Waals surface area contributed by atoms with Crippen molar-refractivity contribution in [1.82, 2.24) is 9.55 Å². The molecule has 0 spiro atoms. The fourth-order valence-corrected chi connectivity index (χ4v) is 2.91. The maximum Gasteiger partial charge on any atom is 0.355 e. The topological polar surface area (TPSA) is 87.5 Å². The molecular weight excluding hydrogens is 391 g/mol. The van der Waals surface area contributed by atoms with E-state index in [4.69, 9.17) is 9.47 Å². The van der Waals surface area contributed by atoms with Gasteiger partial charge in [-0.25, -0.2) is 14.0 Å². The second-order valence-corrected chi connectivity index (χ2v) is 6.16. The smallest absolute Gasteiger partial charge is 0.355 e. The molecular formula is C22H19FN2O5. The molecule has 30 heavy (non-hydrogen) atoms. The Morgan fingerprint density at radius 2 is 1.93 bits per heavy atom. The third-order valence-electron chi connectivity index (χ3n) is 4.19. The van der Waals surface area contributed by atoms with E-state index in [1.807, 2.05) is 0 Å². The first-order valence-electron chi connectivity index (χ1n) is 9.27. The molecule has 2 aromatic heterocycles. The Morgan fingerprint density at radius 3 is 2.60 bits per heavy atom. The molecule has 0 fully saturated rings. The predicted molar refractivity (Wildman–Crippen MR) is 109 cm³/mol. The standard InChI is InChI=1S/C22H19FN2O5/c1-3-29-21(27)17-13-25(18-8-7-15(23)11-16(18)20(17)26)19(22(28)30-4-2)10-14-6-5-9-24-12-14/h5-13H,3-4H2,1-2H3/b19-10-. The zero-order chi connectivity index (χ0) is 21.7. The van der Waals surface area contributed by atoms with Crippen molar-refractivity contribution in [3.8, 4) is 0 Å². The van der Waals surface area contributed by atoms with Gasteiger partial charge in [-0.3, -0.25) is 9.78 Å². The fourth-order valence-electron chi connectivity index (χ4n) is 2.91. The Hall–Kier alpha value is -3.81. The number of nitrogens with zero attached hydrogens (tertiary/aromatic N) is 2. The predicted octanol–water partition coefficient (Wildman–Crippen LogP) is 3.27. The van der Waals surface area contributed by atoms with Gasteiger partial charge in [-0.15, -0.1) is 0 Å². The molecule has 0 aliphatic rings. The van der Waals surface area contributed by atoms with Gasteiger partial charge in [0.25, 0.3) is 0 Å². The number of esters is 2. The number of carbonyl (C=O) groups excluding carboxylic acids is 2. The van der Waals surface area contributed by atoms with Crippen LogP contribution in [0, 0.1) is 5.82 Å². The Labute approximate surface area is 171 Å². The van der Waals surface area contributed by atoms with Gasteiger partial charge in [-0.2, -0.15) is 0 Å². The summed E-state index contributed by atoms with van der Waals surface area (Å²) in [5.41, 5.74) is -0.169. The van der Waals surface area contributed by atoms with E-state index in [1.54, 1.807) is 32.2 Å². The van der Waals surface area contributed by atoms with Crippen LogP contribution in [0.1, 0.15) is 29.8 Å². The van der Waals surface area contributed by atoms with Crippen LogP contribution in [-0.2, 0) is 14.3 Å². The van der Waals surface area contributed by atoms with E-state index in [2.05, 4.69) is 4.98 Å². The summed E-state index contributed by atoms with van der Waals surface area (Å²) < 4.78 is 25.3. The van der Waals surface area contributed by atoms with Crippen LogP contribution >= 0.6 is 0 Å². The Balaban J connectivity index is 2.35. The average Bonchev–Trinajstić information content (AvgIpc) is 2.74. The molecule has 3 rings (SSSR count). The summed E-state index contributed by atoms with van der Waals surface area (Å²) in [7, 11) is 0. The van der Waals surface area contributed by atoms with Crippen LogP contribution in [0.3, 0.4) is 0 Å². The highest BCUT2D eigenvalue weighted by atomic mass is 19.1. The Bertz CT molecular complexity index is 1190. The Kier molecular flexibility index (Phi) is 6.36. The SMILES string of the molecule is CCOC(=O)/C(=C/c1cccnc1)n1cc(C(=O)OCC)c(=O)c2cc(F)ccc21. The summed E-state index contributed by atoms with van der Waals surface area (Å²) in [6, 6.07) is 6.95. The molecule has 0 radical (unpaired) electrons. The second-order valence-electron chi connectivity index (χ2n) is 6.16. The highest BCUT2D eigenvalue weighted by Crippen LogP contribution is 2.21. The number of hydrogen-bond donors (Lipinski definition) is 0. The zero-order valence-electron chi connectivity index (χ0n) is 16.4. The van der Waals surface area contributed by atoms with Gasteiger partial charge in [0.2, 0.25) is 5.43 Å². The van der Waals surface area contributed by atoms with E-state index in [0.717, 1.165) is 12.1 Å². The van der Waals surface area contributed by atoms with Crippen LogP contribution in [-0.4, -0.2) is 34.7 Å². The molecule has 1 aromatic carbocycles. The monoisotopic (exact) mass is 410 g/mol. The van der Waals surface area contributed by atoms with Gasteiger partial charge in [-0.05, 0) is 49.8 Å². The first-order valence-corrected chi connectivity index (χ1v) is 9.27. The fraction of sp³-hybridized carbons (Fsp3) is 0.182. The summed E-state index contributed by atoms with van der Waals surface area (Å²) >= 11 is 0. The number of ether oxygens (including phenoxy) is 2. The summed E-state index contributed by atoms with van der Waals surface area (Å²) in [5.74, 6) is -2.21. The molecule has 0 saturated carbocycles. The van der Waals surface area contributed by atoms with Crippen LogP contribution in [0.25, 0.3) is 22.7 Å². The quantitative estimate of drug-likeness (QED) is 0.458. The van der Waals surface area contributed by atoms with Crippen LogP contribution in [0.4, 0.5) is 4.39 Å². The molecule has 3 aromatic rings. The van der Waals surface area contributed by atoms with Crippen molar-refractivity contribution in [1.29, 1.82) is 0 Å².